The van der Waals surface area contributed by atoms with Crippen LogP contribution >= 0.6 is 11.6 Å². The summed E-state index contributed by atoms with van der Waals surface area (Å²) in [6, 6.07) is 6.55. The maximum atomic E-state index is 11.9. The van der Waals surface area contributed by atoms with E-state index in [0.29, 0.717) is 22.9 Å². The van der Waals surface area contributed by atoms with E-state index < -0.39 is 0 Å². The number of carbonyl (C=O) groups is 2. The molecule has 1 amide bonds. The fourth-order valence-electron chi connectivity index (χ4n) is 1.85. The van der Waals surface area contributed by atoms with E-state index in [1.54, 1.807) is 30.5 Å². The number of benzene rings is 1. The molecule has 0 radical (unpaired) electrons. The van der Waals surface area contributed by atoms with Crippen LogP contribution in [0.5, 0.6) is 0 Å². The van der Waals surface area contributed by atoms with E-state index in [0.717, 1.165) is 12.8 Å². The quantitative estimate of drug-likeness (QED) is 0.623. The third-order valence-corrected chi connectivity index (χ3v) is 3.24. The fourth-order valence-corrected chi connectivity index (χ4v) is 2.01. The molecule has 1 aromatic heterocycles. The first-order chi connectivity index (χ1) is 11.1. The number of hydrogen-bond donors (Lipinski definition) is 1. The predicted molar refractivity (Wildman–Crippen MR) is 87.5 cm³/mol. The lowest BCUT2D eigenvalue weighted by atomic mass is 10.2. The molecule has 122 valence electrons. The summed E-state index contributed by atoms with van der Waals surface area (Å²) >= 11 is 5.74. The second-order valence-corrected chi connectivity index (χ2v) is 5.41. The van der Waals surface area contributed by atoms with Gasteiger partial charge >= 0.3 is 5.97 Å². The molecule has 0 aliphatic heterocycles. The summed E-state index contributed by atoms with van der Waals surface area (Å²) in [4.78, 5) is 23.6. The van der Waals surface area contributed by atoms with Gasteiger partial charge in [-0.2, -0.15) is 5.10 Å². The van der Waals surface area contributed by atoms with Gasteiger partial charge in [-0.3, -0.25) is 9.48 Å². The summed E-state index contributed by atoms with van der Waals surface area (Å²) in [7, 11) is 0. The number of rotatable bonds is 7. The molecule has 1 aromatic carbocycles. The van der Waals surface area contributed by atoms with Crippen LogP contribution in [0.3, 0.4) is 0 Å². The first-order valence-corrected chi connectivity index (χ1v) is 7.71. The van der Waals surface area contributed by atoms with Gasteiger partial charge in [-0.15, -0.1) is 0 Å². The molecule has 0 atom stereocenters. The monoisotopic (exact) mass is 335 g/mol. The van der Waals surface area contributed by atoms with Crippen molar-refractivity contribution < 1.29 is 14.3 Å². The first kappa shape index (κ1) is 17.0. The van der Waals surface area contributed by atoms with E-state index in [2.05, 4.69) is 10.4 Å². The molecular weight excluding hydrogens is 318 g/mol. The maximum absolute atomic E-state index is 11.9. The Morgan fingerprint density at radius 1 is 1.30 bits per heavy atom. The van der Waals surface area contributed by atoms with Crippen molar-refractivity contribution in [3.05, 3.63) is 47.2 Å². The molecular formula is C16H18ClN3O3. The zero-order valence-corrected chi connectivity index (χ0v) is 13.5. The van der Waals surface area contributed by atoms with Crippen molar-refractivity contribution in [3.63, 3.8) is 0 Å². The van der Waals surface area contributed by atoms with Gasteiger partial charge in [0.25, 0.3) is 0 Å². The number of anilines is 1. The van der Waals surface area contributed by atoms with Crippen molar-refractivity contribution in [1.82, 2.24) is 9.78 Å². The van der Waals surface area contributed by atoms with Crippen LogP contribution in [0.2, 0.25) is 5.02 Å². The zero-order valence-electron chi connectivity index (χ0n) is 12.8. The standard InChI is InChI=1S/C16H18ClN3O3/c1-2-3-8-23-16(22)12-4-6-14(7-5-12)19-15(21)11-20-10-13(17)9-18-20/h4-7,9-10H,2-3,8,11H2,1H3,(H,19,21). The Balaban J connectivity index is 1.86. The van der Waals surface area contributed by atoms with Gasteiger partial charge < -0.3 is 10.1 Å². The molecule has 0 saturated heterocycles. The summed E-state index contributed by atoms with van der Waals surface area (Å²) < 4.78 is 6.56. The van der Waals surface area contributed by atoms with Gasteiger partial charge in [0.2, 0.25) is 5.91 Å². The SMILES string of the molecule is CCCCOC(=O)c1ccc(NC(=O)Cn2cc(Cl)cn2)cc1. The minimum absolute atomic E-state index is 0.0630. The van der Waals surface area contributed by atoms with Crippen LogP contribution in [0.25, 0.3) is 0 Å². The molecule has 0 bridgehead atoms. The van der Waals surface area contributed by atoms with Crippen LogP contribution in [-0.4, -0.2) is 28.3 Å². The molecule has 1 N–H and O–H groups in total. The van der Waals surface area contributed by atoms with Gasteiger partial charge in [-0.25, -0.2) is 4.79 Å². The zero-order chi connectivity index (χ0) is 16.7. The Hall–Kier alpha value is -2.34. The van der Waals surface area contributed by atoms with Crippen molar-refractivity contribution in [2.24, 2.45) is 0 Å². The largest absolute Gasteiger partial charge is 0.462 e. The Bertz CT molecular complexity index is 667. The highest BCUT2D eigenvalue weighted by atomic mass is 35.5. The average Bonchev–Trinajstić information content (AvgIpc) is 2.93. The van der Waals surface area contributed by atoms with Crippen molar-refractivity contribution in [3.8, 4) is 0 Å². The fraction of sp³-hybridized carbons (Fsp3) is 0.312. The molecule has 0 unspecified atom stereocenters. The lowest BCUT2D eigenvalue weighted by molar-refractivity contribution is -0.116. The van der Waals surface area contributed by atoms with E-state index >= 15 is 0 Å². The number of esters is 1. The summed E-state index contributed by atoms with van der Waals surface area (Å²) in [6.07, 6.45) is 4.85. The van der Waals surface area contributed by atoms with Crippen molar-refractivity contribution in [2.45, 2.75) is 26.3 Å². The lowest BCUT2D eigenvalue weighted by Crippen LogP contribution is -2.19. The second-order valence-electron chi connectivity index (χ2n) is 4.97. The molecule has 7 heteroatoms. The molecule has 23 heavy (non-hydrogen) atoms. The third-order valence-electron chi connectivity index (χ3n) is 3.04. The number of halogens is 1. The Morgan fingerprint density at radius 2 is 2.04 bits per heavy atom. The Morgan fingerprint density at radius 3 is 2.65 bits per heavy atom. The van der Waals surface area contributed by atoms with E-state index in [-0.39, 0.29) is 18.4 Å². The minimum atomic E-state index is -0.359. The normalized spacial score (nSPS) is 10.3. The van der Waals surface area contributed by atoms with Crippen LogP contribution in [0.1, 0.15) is 30.1 Å². The number of amides is 1. The van der Waals surface area contributed by atoms with Crippen molar-refractivity contribution in [1.29, 1.82) is 0 Å². The van der Waals surface area contributed by atoms with Crippen LogP contribution in [-0.2, 0) is 16.1 Å². The molecule has 2 rings (SSSR count). The molecule has 0 aliphatic carbocycles. The summed E-state index contributed by atoms with van der Waals surface area (Å²) in [6.45, 7) is 2.51. The summed E-state index contributed by atoms with van der Waals surface area (Å²) in [5.74, 6) is -0.592. The number of ether oxygens (including phenoxy) is 1. The van der Waals surface area contributed by atoms with Gasteiger partial charge in [0.15, 0.2) is 0 Å². The maximum Gasteiger partial charge on any atom is 0.338 e. The van der Waals surface area contributed by atoms with Crippen LogP contribution < -0.4 is 5.32 Å². The van der Waals surface area contributed by atoms with Gasteiger partial charge in [-0.05, 0) is 30.7 Å². The molecule has 0 saturated carbocycles. The highest BCUT2D eigenvalue weighted by Crippen LogP contribution is 2.11. The highest BCUT2D eigenvalue weighted by Gasteiger charge is 2.08. The first-order valence-electron chi connectivity index (χ1n) is 7.33. The van der Waals surface area contributed by atoms with E-state index in [9.17, 15) is 9.59 Å². The molecule has 1 heterocycles. The average molecular weight is 336 g/mol. The predicted octanol–water partition coefficient (Wildman–Crippen LogP) is 3.13. The number of nitrogens with one attached hydrogen (secondary N) is 1. The van der Waals surface area contributed by atoms with Crippen LogP contribution in [0, 0.1) is 0 Å². The minimum Gasteiger partial charge on any atom is -0.462 e. The molecule has 0 fully saturated rings. The van der Waals surface area contributed by atoms with E-state index in [1.807, 2.05) is 6.92 Å². The van der Waals surface area contributed by atoms with Gasteiger partial charge in [0.05, 0.1) is 23.4 Å². The van der Waals surface area contributed by atoms with Gasteiger partial charge in [0, 0.05) is 11.9 Å². The highest BCUT2D eigenvalue weighted by molar-refractivity contribution is 6.30. The number of hydrogen-bond acceptors (Lipinski definition) is 4. The second kappa shape index (κ2) is 8.33. The van der Waals surface area contributed by atoms with Crippen molar-refractivity contribution >= 4 is 29.2 Å². The summed E-state index contributed by atoms with van der Waals surface area (Å²) in [5.41, 5.74) is 1.05. The van der Waals surface area contributed by atoms with Crippen LogP contribution in [0.4, 0.5) is 5.69 Å². The Labute approximate surface area is 139 Å². The van der Waals surface area contributed by atoms with Crippen molar-refractivity contribution in [2.75, 3.05) is 11.9 Å². The molecule has 2 aromatic rings. The molecule has 0 aliphatic rings. The smallest absolute Gasteiger partial charge is 0.338 e. The number of nitrogens with zero attached hydrogens (tertiary/aromatic N) is 2. The van der Waals surface area contributed by atoms with Crippen LogP contribution in [0.15, 0.2) is 36.7 Å². The molecule has 0 spiro atoms. The Kier molecular flexibility index (Phi) is 6.17. The molecule has 6 nitrogen and oxygen atoms in total. The van der Waals surface area contributed by atoms with Gasteiger partial charge in [-0.1, -0.05) is 24.9 Å². The number of carbonyl (C=O) groups excluding carboxylic acids is 2. The van der Waals surface area contributed by atoms with E-state index in [1.165, 1.54) is 10.9 Å². The lowest BCUT2D eigenvalue weighted by Gasteiger charge is -2.07. The van der Waals surface area contributed by atoms with Gasteiger partial charge in [0.1, 0.15) is 6.54 Å². The summed E-state index contributed by atoms with van der Waals surface area (Å²) in [5, 5.41) is 7.13. The third kappa shape index (κ3) is 5.41. The van der Waals surface area contributed by atoms with E-state index in [4.69, 9.17) is 16.3 Å². The number of aromatic nitrogens is 2. The number of unbranched alkanes of at least 4 members (excludes halogenated alkanes) is 1. The topological polar surface area (TPSA) is 73.2 Å².